The van der Waals surface area contributed by atoms with Gasteiger partial charge < -0.3 is 15.4 Å². The lowest BCUT2D eigenvalue weighted by molar-refractivity contribution is -0.122. The van der Waals surface area contributed by atoms with E-state index in [9.17, 15) is 4.79 Å². The van der Waals surface area contributed by atoms with Gasteiger partial charge in [0.15, 0.2) is 0 Å². The Balaban J connectivity index is 1.41. The molecule has 2 N–H and O–H groups in total. The summed E-state index contributed by atoms with van der Waals surface area (Å²) in [6.45, 7) is 2.48. The van der Waals surface area contributed by atoms with Gasteiger partial charge in [-0.15, -0.1) is 0 Å². The van der Waals surface area contributed by atoms with Crippen molar-refractivity contribution >= 4 is 5.91 Å². The summed E-state index contributed by atoms with van der Waals surface area (Å²) in [7, 11) is 0. The molecule has 0 bridgehead atoms. The molecule has 98 valence electrons. The molecule has 4 nitrogen and oxygen atoms in total. The molecule has 4 heteroatoms. The second kappa shape index (κ2) is 6.97. The number of carbonyl (C=O) groups is 1. The molecule has 1 saturated carbocycles. The van der Waals surface area contributed by atoms with Crippen LogP contribution >= 0.6 is 0 Å². The van der Waals surface area contributed by atoms with Crippen LogP contribution in [0.1, 0.15) is 44.9 Å². The van der Waals surface area contributed by atoms with Gasteiger partial charge in [0.05, 0.1) is 6.61 Å². The van der Waals surface area contributed by atoms with E-state index in [0.717, 1.165) is 32.4 Å². The minimum absolute atomic E-state index is 0.142. The topological polar surface area (TPSA) is 50.4 Å². The van der Waals surface area contributed by atoms with Crippen molar-refractivity contribution in [3.8, 4) is 0 Å². The monoisotopic (exact) mass is 240 g/mol. The van der Waals surface area contributed by atoms with Gasteiger partial charge in [0.2, 0.25) is 5.91 Å². The van der Waals surface area contributed by atoms with Crippen LogP contribution in [0.2, 0.25) is 0 Å². The van der Waals surface area contributed by atoms with Gasteiger partial charge in [0, 0.05) is 25.1 Å². The van der Waals surface area contributed by atoms with Crippen LogP contribution in [0.25, 0.3) is 0 Å². The summed E-state index contributed by atoms with van der Waals surface area (Å²) in [5.74, 6) is 0.142. The maximum atomic E-state index is 11.4. The summed E-state index contributed by atoms with van der Waals surface area (Å²) in [4.78, 5) is 11.4. The lowest BCUT2D eigenvalue weighted by Crippen LogP contribution is -2.34. The molecule has 2 fully saturated rings. The van der Waals surface area contributed by atoms with Crippen LogP contribution in [-0.4, -0.2) is 37.7 Å². The normalized spacial score (nSPS) is 24.6. The molecular formula is C13H24N2O2. The van der Waals surface area contributed by atoms with Gasteiger partial charge in [-0.05, 0) is 38.6 Å². The lowest BCUT2D eigenvalue weighted by Gasteiger charge is -2.23. The summed E-state index contributed by atoms with van der Waals surface area (Å²) >= 11 is 0. The number of hydrogen-bond donors (Lipinski definition) is 2. The zero-order valence-electron chi connectivity index (χ0n) is 10.5. The smallest absolute Gasteiger partial charge is 0.222 e. The van der Waals surface area contributed by atoms with Crippen molar-refractivity contribution in [2.45, 2.75) is 57.0 Å². The molecule has 2 rings (SSSR count). The average Bonchev–Trinajstić information content (AvgIpc) is 3.14. The molecule has 1 unspecified atom stereocenters. The Morgan fingerprint density at radius 2 is 2.12 bits per heavy atom. The molecule has 0 aromatic rings. The summed E-state index contributed by atoms with van der Waals surface area (Å²) in [5.41, 5.74) is 0. The Kier molecular flexibility index (Phi) is 5.26. The molecule has 1 aliphatic heterocycles. The van der Waals surface area contributed by atoms with E-state index < -0.39 is 0 Å². The molecule has 2 aliphatic rings. The first-order valence-corrected chi connectivity index (χ1v) is 6.95. The standard InChI is InChI=1S/C13H24N2O2/c16-13(15-12-4-5-12)7-10-17-9-6-11-3-1-2-8-14-11/h11-12,14H,1-10H2,(H,15,16). The second-order valence-corrected chi connectivity index (χ2v) is 5.14. The fraction of sp³-hybridized carbons (Fsp3) is 0.923. The van der Waals surface area contributed by atoms with E-state index in [1.807, 2.05) is 0 Å². The van der Waals surface area contributed by atoms with E-state index in [1.54, 1.807) is 0 Å². The lowest BCUT2D eigenvalue weighted by atomic mass is 10.0. The Morgan fingerprint density at radius 1 is 1.24 bits per heavy atom. The Morgan fingerprint density at radius 3 is 2.82 bits per heavy atom. The van der Waals surface area contributed by atoms with Crippen molar-refractivity contribution in [2.75, 3.05) is 19.8 Å². The third-order valence-corrected chi connectivity index (χ3v) is 3.44. The highest BCUT2D eigenvalue weighted by Gasteiger charge is 2.22. The highest BCUT2D eigenvalue weighted by atomic mass is 16.5. The summed E-state index contributed by atoms with van der Waals surface area (Å²) in [6, 6.07) is 1.10. The molecule has 0 aromatic heterocycles. The quantitative estimate of drug-likeness (QED) is 0.658. The predicted molar refractivity (Wildman–Crippen MR) is 66.9 cm³/mol. The van der Waals surface area contributed by atoms with Crippen molar-refractivity contribution in [1.29, 1.82) is 0 Å². The third kappa shape index (κ3) is 5.50. The highest BCUT2D eigenvalue weighted by Crippen LogP contribution is 2.18. The van der Waals surface area contributed by atoms with Crippen molar-refractivity contribution in [3.05, 3.63) is 0 Å². The molecule has 17 heavy (non-hydrogen) atoms. The van der Waals surface area contributed by atoms with Gasteiger partial charge in [-0.1, -0.05) is 6.42 Å². The Hall–Kier alpha value is -0.610. The van der Waals surface area contributed by atoms with Crippen molar-refractivity contribution in [1.82, 2.24) is 10.6 Å². The zero-order valence-corrected chi connectivity index (χ0v) is 10.5. The Labute approximate surface area is 103 Å². The van der Waals surface area contributed by atoms with E-state index in [0.29, 0.717) is 25.1 Å². The maximum absolute atomic E-state index is 11.4. The molecule has 1 heterocycles. The first kappa shape index (κ1) is 12.8. The van der Waals surface area contributed by atoms with E-state index in [1.165, 1.54) is 19.3 Å². The van der Waals surface area contributed by atoms with Crippen LogP contribution in [0.5, 0.6) is 0 Å². The van der Waals surface area contributed by atoms with Crippen LogP contribution in [0, 0.1) is 0 Å². The van der Waals surface area contributed by atoms with Gasteiger partial charge in [-0.25, -0.2) is 0 Å². The third-order valence-electron chi connectivity index (χ3n) is 3.44. The van der Waals surface area contributed by atoms with E-state index in [2.05, 4.69) is 10.6 Å². The van der Waals surface area contributed by atoms with Crippen molar-refractivity contribution in [3.63, 3.8) is 0 Å². The molecule has 1 saturated heterocycles. The number of amides is 1. The highest BCUT2D eigenvalue weighted by molar-refractivity contribution is 5.76. The number of carbonyl (C=O) groups excluding carboxylic acids is 1. The number of rotatable bonds is 7. The molecule has 1 amide bonds. The average molecular weight is 240 g/mol. The first-order chi connectivity index (χ1) is 8.34. The summed E-state index contributed by atoms with van der Waals surface area (Å²) in [6.07, 6.45) is 7.80. The van der Waals surface area contributed by atoms with Crippen molar-refractivity contribution < 1.29 is 9.53 Å². The zero-order chi connectivity index (χ0) is 11.9. The number of ether oxygens (including phenoxy) is 1. The maximum Gasteiger partial charge on any atom is 0.222 e. The van der Waals surface area contributed by atoms with Gasteiger partial charge in [-0.3, -0.25) is 4.79 Å². The largest absolute Gasteiger partial charge is 0.381 e. The summed E-state index contributed by atoms with van der Waals surface area (Å²) < 4.78 is 5.51. The van der Waals surface area contributed by atoms with E-state index in [-0.39, 0.29) is 5.91 Å². The predicted octanol–water partition coefficient (Wildman–Crippen LogP) is 1.20. The van der Waals surface area contributed by atoms with Gasteiger partial charge in [-0.2, -0.15) is 0 Å². The van der Waals surface area contributed by atoms with E-state index in [4.69, 9.17) is 4.74 Å². The molecule has 0 aromatic carbocycles. The number of hydrogen-bond acceptors (Lipinski definition) is 3. The summed E-state index contributed by atoms with van der Waals surface area (Å²) in [5, 5.41) is 6.46. The SMILES string of the molecule is O=C(CCOCCC1CCCCN1)NC1CC1. The van der Waals surface area contributed by atoms with Gasteiger partial charge >= 0.3 is 0 Å². The van der Waals surface area contributed by atoms with Crippen LogP contribution in [0.3, 0.4) is 0 Å². The molecular weight excluding hydrogens is 216 g/mol. The van der Waals surface area contributed by atoms with Crippen LogP contribution in [-0.2, 0) is 9.53 Å². The number of piperidine rings is 1. The van der Waals surface area contributed by atoms with Crippen LogP contribution in [0.4, 0.5) is 0 Å². The minimum Gasteiger partial charge on any atom is -0.381 e. The molecule has 1 aliphatic carbocycles. The fourth-order valence-corrected chi connectivity index (χ4v) is 2.19. The fourth-order valence-electron chi connectivity index (χ4n) is 2.19. The minimum atomic E-state index is 0.142. The molecule has 1 atom stereocenters. The van der Waals surface area contributed by atoms with Crippen molar-refractivity contribution in [2.24, 2.45) is 0 Å². The van der Waals surface area contributed by atoms with Crippen LogP contribution in [0.15, 0.2) is 0 Å². The molecule has 0 spiro atoms. The van der Waals surface area contributed by atoms with Gasteiger partial charge in [0.25, 0.3) is 0 Å². The number of nitrogens with one attached hydrogen (secondary N) is 2. The van der Waals surface area contributed by atoms with Crippen LogP contribution < -0.4 is 10.6 Å². The second-order valence-electron chi connectivity index (χ2n) is 5.14. The van der Waals surface area contributed by atoms with E-state index >= 15 is 0 Å². The van der Waals surface area contributed by atoms with Gasteiger partial charge in [0.1, 0.15) is 0 Å². The Bertz CT molecular complexity index is 236. The first-order valence-electron chi connectivity index (χ1n) is 6.95. The molecule has 0 radical (unpaired) electrons.